The molecule has 0 unspecified atom stereocenters. The standard InChI is InChI=1S/C17H22N2O/c1-2-15(14-9-5-3-6-10-14)19-16(20)17(13-18)11-7-4-8-12-17/h3,5-6,9-10,15H,2,4,7-8,11-12H2,1H3,(H,19,20)/t15-/m1/s1. The van der Waals surface area contributed by atoms with Crippen molar-refractivity contribution in [2.75, 3.05) is 0 Å². The highest BCUT2D eigenvalue weighted by Gasteiger charge is 2.40. The van der Waals surface area contributed by atoms with E-state index in [0.717, 1.165) is 31.2 Å². The lowest BCUT2D eigenvalue weighted by atomic mass is 9.74. The molecule has 1 N–H and O–H groups in total. The summed E-state index contributed by atoms with van der Waals surface area (Å²) in [5.41, 5.74) is 0.299. The lowest BCUT2D eigenvalue weighted by Crippen LogP contribution is -2.42. The van der Waals surface area contributed by atoms with Crippen LogP contribution in [0.5, 0.6) is 0 Å². The molecule has 0 bridgehead atoms. The van der Waals surface area contributed by atoms with E-state index < -0.39 is 5.41 Å². The van der Waals surface area contributed by atoms with Crippen molar-refractivity contribution < 1.29 is 4.79 Å². The van der Waals surface area contributed by atoms with Gasteiger partial charge < -0.3 is 5.32 Å². The van der Waals surface area contributed by atoms with E-state index in [1.165, 1.54) is 0 Å². The fraction of sp³-hybridized carbons (Fsp3) is 0.529. The fourth-order valence-electron chi connectivity index (χ4n) is 2.95. The van der Waals surface area contributed by atoms with Gasteiger partial charge in [0.25, 0.3) is 0 Å². The van der Waals surface area contributed by atoms with Gasteiger partial charge in [0.2, 0.25) is 5.91 Å². The van der Waals surface area contributed by atoms with Gasteiger partial charge in [-0.1, -0.05) is 56.5 Å². The predicted molar refractivity (Wildman–Crippen MR) is 78.7 cm³/mol. The molecule has 1 amide bonds. The van der Waals surface area contributed by atoms with Crippen LogP contribution in [0.4, 0.5) is 0 Å². The van der Waals surface area contributed by atoms with Gasteiger partial charge in [-0.25, -0.2) is 0 Å². The van der Waals surface area contributed by atoms with Gasteiger partial charge in [-0.2, -0.15) is 5.26 Å². The number of nitrogens with one attached hydrogen (secondary N) is 1. The molecule has 3 heteroatoms. The molecule has 1 aromatic rings. The summed E-state index contributed by atoms with van der Waals surface area (Å²) in [5.74, 6) is -0.0876. The van der Waals surface area contributed by atoms with Crippen LogP contribution < -0.4 is 5.32 Å². The summed E-state index contributed by atoms with van der Waals surface area (Å²) in [6, 6.07) is 12.2. The molecular formula is C17H22N2O. The van der Waals surface area contributed by atoms with Crippen LogP contribution in [0.25, 0.3) is 0 Å². The summed E-state index contributed by atoms with van der Waals surface area (Å²) in [6.45, 7) is 2.05. The second kappa shape index (κ2) is 6.56. The number of carbonyl (C=O) groups excluding carboxylic acids is 1. The molecule has 0 spiro atoms. The average molecular weight is 270 g/mol. The van der Waals surface area contributed by atoms with E-state index in [2.05, 4.69) is 18.3 Å². The Morgan fingerprint density at radius 3 is 2.50 bits per heavy atom. The summed E-state index contributed by atoms with van der Waals surface area (Å²) < 4.78 is 0. The quantitative estimate of drug-likeness (QED) is 0.906. The highest BCUT2D eigenvalue weighted by molar-refractivity contribution is 5.85. The topological polar surface area (TPSA) is 52.9 Å². The minimum atomic E-state index is -0.805. The van der Waals surface area contributed by atoms with E-state index in [1.807, 2.05) is 30.3 Å². The Labute approximate surface area is 121 Å². The third kappa shape index (κ3) is 3.01. The lowest BCUT2D eigenvalue weighted by Gasteiger charge is -2.31. The van der Waals surface area contributed by atoms with E-state index in [-0.39, 0.29) is 11.9 Å². The Kier molecular flexibility index (Phi) is 4.79. The second-order valence-electron chi connectivity index (χ2n) is 5.60. The monoisotopic (exact) mass is 270 g/mol. The zero-order valence-corrected chi connectivity index (χ0v) is 12.1. The predicted octanol–water partition coefficient (Wildman–Crippen LogP) is 3.73. The summed E-state index contributed by atoms with van der Waals surface area (Å²) in [5, 5.41) is 12.5. The van der Waals surface area contributed by atoms with Crippen molar-refractivity contribution >= 4 is 5.91 Å². The van der Waals surface area contributed by atoms with Gasteiger partial charge in [0.15, 0.2) is 0 Å². The molecule has 1 aromatic carbocycles. The first-order chi connectivity index (χ1) is 9.72. The largest absolute Gasteiger partial charge is 0.348 e. The summed E-state index contributed by atoms with van der Waals surface area (Å²) in [4.78, 5) is 12.6. The molecule has 3 nitrogen and oxygen atoms in total. The molecule has 0 heterocycles. The molecule has 0 saturated heterocycles. The summed E-state index contributed by atoms with van der Waals surface area (Å²) in [7, 11) is 0. The van der Waals surface area contributed by atoms with E-state index in [4.69, 9.17) is 0 Å². The van der Waals surface area contributed by atoms with Crippen LogP contribution in [0.3, 0.4) is 0 Å². The van der Waals surface area contributed by atoms with Gasteiger partial charge in [0.05, 0.1) is 12.1 Å². The number of hydrogen-bond acceptors (Lipinski definition) is 2. The first-order valence-electron chi connectivity index (χ1n) is 7.49. The van der Waals surface area contributed by atoms with Crippen LogP contribution in [0, 0.1) is 16.7 Å². The number of amides is 1. The van der Waals surface area contributed by atoms with E-state index >= 15 is 0 Å². The molecule has 0 aromatic heterocycles. The SMILES string of the molecule is CC[C@@H](NC(=O)C1(C#N)CCCCC1)c1ccccc1. The molecule has 1 atom stereocenters. The van der Waals surface area contributed by atoms with Crippen LogP contribution in [0.15, 0.2) is 30.3 Å². The molecule has 106 valence electrons. The van der Waals surface area contributed by atoms with Crippen molar-refractivity contribution in [1.29, 1.82) is 5.26 Å². The van der Waals surface area contributed by atoms with Crippen molar-refractivity contribution in [3.63, 3.8) is 0 Å². The van der Waals surface area contributed by atoms with Crippen molar-refractivity contribution in [2.45, 2.75) is 51.5 Å². The number of benzene rings is 1. The van der Waals surface area contributed by atoms with Gasteiger partial charge >= 0.3 is 0 Å². The van der Waals surface area contributed by atoms with Crippen molar-refractivity contribution in [3.05, 3.63) is 35.9 Å². The Hall–Kier alpha value is -1.82. The number of nitrogens with zero attached hydrogens (tertiary/aromatic N) is 1. The van der Waals surface area contributed by atoms with E-state index in [9.17, 15) is 10.1 Å². The highest BCUT2D eigenvalue weighted by atomic mass is 16.2. The summed E-state index contributed by atoms with van der Waals surface area (Å²) >= 11 is 0. The van der Waals surface area contributed by atoms with Gasteiger partial charge in [0, 0.05) is 0 Å². The normalized spacial score (nSPS) is 18.8. The molecule has 2 rings (SSSR count). The third-order valence-corrected chi connectivity index (χ3v) is 4.27. The Bertz CT molecular complexity index is 483. The molecule has 1 saturated carbocycles. The van der Waals surface area contributed by atoms with Gasteiger partial charge in [0.1, 0.15) is 5.41 Å². The Morgan fingerprint density at radius 1 is 1.30 bits per heavy atom. The van der Waals surface area contributed by atoms with Crippen LogP contribution in [0.1, 0.15) is 57.1 Å². The zero-order chi connectivity index (χ0) is 14.4. The van der Waals surface area contributed by atoms with Crippen molar-refractivity contribution in [2.24, 2.45) is 5.41 Å². The first kappa shape index (κ1) is 14.6. The fourth-order valence-corrected chi connectivity index (χ4v) is 2.95. The molecule has 0 aliphatic heterocycles. The number of rotatable bonds is 4. The molecular weight excluding hydrogens is 248 g/mol. The van der Waals surface area contributed by atoms with Crippen LogP contribution >= 0.6 is 0 Å². The highest BCUT2D eigenvalue weighted by Crippen LogP contribution is 2.36. The molecule has 1 aliphatic rings. The van der Waals surface area contributed by atoms with E-state index in [0.29, 0.717) is 12.8 Å². The van der Waals surface area contributed by atoms with E-state index in [1.54, 1.807) is 0 Å². The molecule has 0 radical (unpaired) electrons. The van der Waals surface area contributed by atoms with Crippen molar-refractivity contribution in [1.82, 2.24) is 5.32 Å². The van der Waals surface area contributed by atoms with Crippen LogP contribution in [0.2, 0.25) is 0 Å². The number of hydrogen-bond donors (Lipinski definition) is 1. The van der Waals surface area contributed by atoms with Crippen molar-refractivity contribution in [3.8, 4) is 6.07 Å². The first-order valence-corrected chi connectivity index (χ1v) is 7.49. The smallest absolute Gasteiger partial charge is 0.240 e. The van der Waals surface area contributed by atoms with Crippen LogP contribution in [-0.4, -0.2) is 5.91 Å². The number of carbonyl (C=O) groups is 1. The summed E-state index contributed by atoms with van der Waals surface area (Å²) in [6.07, 6.45) is 5.30. The maximum absolute atomic E-state index is 12.6. The molecule has 1 aliphatic carbocycles. The Balaban J connectivity index is 2.11. The zero-order valence-electron chi connectivity index (χ0n) is 12.1. The maximum Gasteiger partial charge on any atom is 0.240 e. The minimum Gasteiger partial charge on any atom is -0.348 e. The second-order valence-corrected chi connectivity index (χ2v) is 5.60. The Morgan fingerprint density at radius 2 is 1.95 bits per heavy atom. The van der Waals surface area contributed by atoms with Gasteiger partial charge in [-0.05, 0) is 24.8 Å². The van der Waals surface area contributed by atoms with Crippen LogP contribution in [-0.2, 0) is 4.79 Å². The van der Waals surface area contributed by atoms with Gasteiger partial charge in [-0.3, -0.25) is 4.79 Å². The third-order valence-electron chi connectivity index (χ3n) is 4.27. The molecule has 20 heavy (non-hydrogen) atoms. The lowest BCUT2D eigenvalue weighted by molar-refractivity contribution is -0.130. The molecule has 1 fully saturated rings. The maximum atomic E-state index is 12.6. The average Bonchev–Trinajstić information content (AvgIpc) is 2.53. The number of nitriles is 1. The van der Waals surface area contributed by atoms with Gasteiger partial charge in [-0.15, -0.1) is 0 Å². The minimum absolute atomic E-state index is 0.00384.